The summed E-state index contributed by atoms with van der Waals surface area (Å²) in [6, 6.07) is 14.4. The Morgan fingerprint density at radius 3 is 2.12 bits per heavy atom. The molecule has 0 fully saturated rings. The number of phenolic OH excluding ortho intramolecular Hbond substituents is 1. The zero-order chi connectivity index (χ0) is 25.3. The third-order valence-electron chi connectivity index (χ3n) is 6.47. The number of allylic oxidation sites excluding steroid dienone is 5. The van der Waals surface area contributed by atoms with Crippen molar-refractivity contribution in [1.82, 2.24) is 0 Å². The van der Waals surface area contributed by atoms with Gasteiger partial charge in [-0.05, 0) is 46.1 Å². The molecule has 2 aromatic carbocycles. The van der Waals surface area contributed by atoms with E-state index >= 15 is 0 Å². The summed E-state index contributed by atoms with van der Waals surface area (Å²) in [5.74, 6) is 6.60. The molecule has 0 atom stereocenters. The smallest absolute Gasteiger partial charge is 0.146 e. The van der Waals surface area contributed by atoms with Crippen molar-refractivity contribution in [3.8, 4) is 5.75 Å². The second-order valence-electron chi connectivity index (χ2n) is 11.6. The van der Waals surface area contributed by atoms with Crippen LogP contribution in [0.4, 0.5) is 5.69 Å². The molecule has 3 rings (SSSR count). The van der Waals surface area contributed by atoms with Crippen LogP contribution < -0.4 is 11.0 Å². The fourth-order valence-electron chi connectivity index (χ4n) is 4.88. The Hall–Kier alpha value is -3.11. The van der Waals surface area contributed by atoms with Gasteiger partial charge in [-0.25, -0.2) is 5.84 Å². The summed E-state index contributed by atoms with van der Waals surface area (Å²) in [5, 5.41) is 17.4. The Balaban J connectivity index is 2.22. The Labute approximate surface area is 205 Å². The molecule has 0 radical (unpaired) electrons. The maximum atomic E-state index is 11.5. The number of hydrogen-bond acceptors (Lipinski definition) is 4. The monoisotopic (exact) mass is 457 g/mol. The van der Waals surface area contributed by atoms with Crippen molar-refractivity contribution in [2.24, 2.45) is 16.4 Å². The minimum absolute atomic E-state index is 0.135. The summed E-state index contributed by atoms with van der Waals surface area (Å²) in [7, 11) is 0. The van der Waals surface area contributed by atoms with Crippen molar-refractivity contribution in [2.45, 2.75) is 65.7 Å². The van der Waals surface area contributed by atoms with E-state index in [9.17, 15) is 5.11 Å². The fraction of sp³-hybridized carbons (Fsp3) is 0.367. The molecule has 0 bridgehead atoms. The van der Waals surface area contributed by atoms with Crippen molar-refractivity contribution >= 4 is 11.4 Å². The average Bonchev–Trinajstić information content (AvgIpc) is 2.74. The Morgan fingerprint density at radius 2 is 1.53 bits per heavy atom. The van der Waals surface area contributed by atoms with Crippen molar-refractivity contribution in [3.63, 3.8) is 0 Å². The molecule has 0 heterocycles. The average molecular weight is 458 g/mol. The van der Waals surface area contributed by atoms with E-state index in [1.807, 2.05) is 48.6 Å². The Kier molecular flexibility index (Phi) is 6.95. The van der Waals surface area contributed by atoms with Crippen LogP contribution in [0.5, 0.6) is 5.75 Å². The third-order valence-corrected chi connectivity index (χ3v) is 6.47. The number of hydrazone groups is 1. The number of hydrogen-bond donors (Lipinski definition) is 2. The minimum atomic E-state index is -0.445. The minimum Gasteiger partial charge on any atom is -0.505 e. The predicted octanol–water partition coefficient (Wildman–Crippen LogP) is 7.15. The first-order chi connectivity index (χ1) is 15.7. The summed E-state index contributed by atoms with van der Waals surface area (Å²) in [4.78, 5) is 0. The van der Waals surface area contributed by atoms with Gasteiger partial charge in [-0.1, -0.05) is 110 Å². The van der Waals surface area contributed by atoms with Crippen molar-refractivity contribution in [2.75, 3.05) is 5.12 Å². The van der Waals surface area contributed by atoms with Crippen LogP contribution in [0.3, 0.4) is 0 Å². The van der Waals surface area contributed by atoms with Crippen LogP contribution in [-0.4, -0.2) is 10.8 Å². The summed E-state index contributed by atoms with van der Waals surface area (Å²) >= 11 is 0. The van der Waals surface area contributed by atoms with E-state index in [4.69, 9.17) is 5.84 Å². The van der Waals surface area contributed by atoms with E-state index in [-0.39, 0.29) is 16.6 Å². The van der Waals surface area contributed by atoms with E-state index in [2.05, 4.69) is 78.3 Å². The lowest BCUT2D eigenvalue weighted by atomic mass is 9.70. The summed E-state index contributed by atoms with van der Waals surface area (Å²) in [6.07, 6.45) is 8.53. The highest BCUT2D eigenvalue weighted by Gasteiger charge is 2.33. The molecule has 0 aliphatic heterocycles. The van der Waals surface area contributed by atoms with Crippen molar-refractivity contribution in [3.05, 3.63) is 95.6 Å². The molecule has 0 unspecified atom stereocenters. The zero-order valence-corrected chi connectivity index (χ0v) is 21.7. The molecule has 4 nitrogen and oxygen atoms in total. The molecule has 4 heteroatoms. The molecule has 1 aliphatic carbocycles. The van der Waals surface area contributed by atoms with E-state index in [1.165, 1.54) is 5.12 Å². The molecule has 0 amide bonds. The fourth-order valence-corrected chi connectivity index (χ4v) is 4.88. The van der Waals surface area contributed by atoms with Gasteiger partial charge in [-0.2, -0.15) is 10.2 Å². The van der Waals surface area contributed by atoms with E-state index in [0.717, 1.165) is 28.7 Å². The highest BCUT2D eigenvalue weighted by atomic mass is 16.3. The van der Waals surface area contributed by atoms with Crippen LogP contribution in [0.1, 0.15) is 71.6 Å². The standard InChI is InChI=1S/C30H39N3O/c1-21-14-12-13-17-25(21)32-33(31)26-19-23(29(5,6)20-28(2,3)4)18-24(27(26)34)30(7,8)22-15-10-9-11-16-22/h9-19,34H,1,20,31H2,2-8H3/b32-25-. The molecule has 180 valence electrons. The highest BCUT2D eigenvalue weighted by Crippen LogP contribution is 2.46. The van der Waals surface area contributed by atoms with Crippen molar-refractivity contribution < 1.29 is 5.11 Å². The van der Waals surface area contributed by atoms with Gasteiger partial charge in [0.2, 0.25) is 0 Å². The van der Waals surface area contributed by atoms with Gasteiger partial charge in [0.1, 0.15) is 11.4 Å². The molecule has 3 N–H and O–H groups in total. The number of hydrazine groups is 1. The lowest BCUT2D eigenvalue weighted by molar-refractivity contribution is 0.283. The molecule has 0 aromatic heterocycles. The Morgan fingerprint density at radius 1 is 0.912 bits per heavy atom. The van der Waals surface area contributed by atoms with Gasteiger partial charge in [0.05, 0.1) is 5.71 Å². The summed E-state index contributed by atoms with van der Waals surface area (Å²) < 4.78 is 0. The third kappa shape index (κ3) is 5.51. The molecule has 34 heavy (non-hydrogen) atoms. The van der Waals surface area contributed by atoms with Crippen LogP contribution in [-0.2, 0) is 10.8 Å². The number of anilines is 1. The first kappa shape index (κ1) is 25.5. The number of nitrogens with two attached hydrogens (primary N) is 1. The maximum absolute atomic E-state index is 11.5. The lowest BCUT2D eigenvalue weighted by Crippen LogP contribution is -2.30. The van der Waals surface area contributed by atoms with Gasteiger partial charge in [-0.3, -0.25) is 0 Å². The topological polar surface area (TPSA) is 61.8 Å². The molecular formula is C30H39N3O. The highest BCUT2D eigenvalue weighted by molar-refractivity contribution is 6.11. The quantitative estimate of drug-likeness (QED) is 0.358. The van der Waals surface area contributed by atoms with Crippen molar-refractivity contribution in [1.29, 1.82) is 0 Å². The van der Waals surface area contributed by atoms with E-state index in [0.29, 0.717) is 11.4 Å². The van der Waals surface area contributed by atoms with Crippen LogP contribution in [0.2, 0.25) is 0 Å². The first-order valence-electron chi connectivity index (χ1n) is 11.8. The molecule has 0 saturated carbocycles. The first-order valence-corrected chi connectivity index (χ1v) is 11.8. The van der Waals surface area contributed by atoms with Crippen LogP contribution in [0.15, 0.2) is 84.0 Å². The van der Waals surface area contributed by atoms with Crippen LogP contribution in [0, 0.1) is 5.41 Å². The van der Waals surface area contributed by atoms with Gasteiger partial charge in [0, 0.05) is 11.0 Å². The largest absolute Gasteiger partial charge is 0.505 e. The number of phenols is 1. The number of nitrogens with zero attached hydrogens (tertiary/aromatic N) is 2. The van der Waals surface area contributed by atoms with Gasteiger partial charge in [0.25, 0.3) is 0 Å². The summed E-state index contributed by atoms with van der Waals surface area (Å²) in [6.45, 7) is 19.6. The molecule has 1 aliphatic rings. The van der Waals surface area contributed by atoms with E-state index in [1.54, 1.807) is 0 Å². The van der Waals surface area contributed by atoms with Gasteiger partial charge in [0.15, 0.2) is 0 Å². The molecule has 2 aromatic rings. The van der Waals surface area contributed by atoms with Crippen LogP contribution in [0.25, 0.3) is 0 Å². The predicted molar refractivity (Wildman–Crippen MR) is 145 cm³/mol. The summed E-state index contributed by atoms with van der Waals surface area (Å²) in [5.41, 5.74) is 4.50. The second-order valence-corrected chi connectivity index (χ2v) is 11.6. The lowest BCUT2D eigenvalue weighted by Gasteiger charge is -2.36. The molecular weight excluding hydrogens is 418 g/mol. The van der Waals surface area contributed by atoms with Gasteiger partial charge >= 0.3 is 0 Å². The normalized spacial score (nSPS) is 15.8. The molecule has 0 saturated heterocycles. The SMILES string of the molecule is C=C1C=CC=C/C1=N/N(N)c1cc(C(C)(C)CC(C)(C)C)cc(C(C)(C)c2ccccc2)c1O. The molecule has 0 spiro atoms. The number of aromatic hydroxyl groups is 1. The Bertz CT molecular complexity index is 1150. The van der Waals surface area contributed by atoms with Crippen LogP contribution >= 0.6 is 0 Å². The zero-order valence-electron chi connectivity index (χ0n) is 21.7. The second kappa shape index (κ2) is 9.27. The van der Waals surface area contributed by atoms with Gasteiger partial charge in [-0.15, -0.1) is 0 Å². The number of benzene rings is 2. The number of rotatable bonds is 6. The van der Waals surface area contributed by atoms with E-state index < -0.39 is 5.41 Å². The van der Waals surface area contributed by atoms with Gasteiger partial charge < -0.3 is 5.11 Å². The maximum Gasteiger partial charge on any atom is 0.146 e.